The predicted molar refractivity (Wildman–Crippen MR) is 89.6 cm³/mol. The fraction of sp³-hybridized carbons (Fsp3) is 0.500. The van der Waals surface area contributed by atoms with E-state index in [1.807, 2.05) is 24.5 Å². The summed E-state index contributed by atoms with van der Waals surface area (Å²) in [6, 6.07) is 3.98. The average Bonchev–Trinajstić information content (AvgIpc) is 3.05. The van der Waals surface area contributed by atoms with Crippen LogP contribution in [0.5, 0.6) is 0 Å². The minimum atomic E-state index is -0.0295. The predicted octanol–water partition coefficient (Wildman–Crippen LogP) is 2.22. The third-order valence-electron chi connectivity index (χ3n) is 4.93. The summed E-state index contributed by atoms with van der Waals surface area (Å²) in [5.74, 6) is 0.953. The van der Waals surface area contributed by atoms with Gasteiger partial charge >= 0.3 is 0 Å². The topological polar surface area (TPSA) is 60.4 Å². The van der Waals surface area contributed by atoms with E-state index in [-0.39, 0.29) is 11.7 Å². The molecule has 6 nitrogen and oxygen atoms in total. The SMILES string of the molecule is c1cncc(COC2COC3(CCN(c4cnccn4)CC3)C2)c1. The highest BCUT2D eigenvalue weighted by molar-refractivity contribution is 5.36. The molecule has 0 saturated carbocycles. The number of nitrogens with zero attached hydrogens (tertiary/aromatic N) is 4. The van der Waals surface area contributed by atoms with Crippen LogP contribution in [0.3, 0.4) is 0 Å². The summed E-state index contributed by atoms with van der Waals surface area (Å²) in [4.78, 5) is 14.9. The zero-order valence-electron chi connectivity index (χ0n) is 13.7. The Hall–Kier alpha value is -2.05. The zero-order valence-corrected chi connectivity index (χ0v) is 13.7. The Morgan fingerprint density at radius 2 is 2.04 bits per heavy atom. The van der Waals surface area contributed by atoms with Crippen molar-refractivity contribution in [3.63, 3.8) is 0 Å². The second kappa shape index (κ2) is 6.83. The molecule has 0 bridgehead atoms. The summed E-state index contributed by atoms with van der Waals surface area (Å²) < 4.78 is 12.2. The Morgan fingerprint density at radius 1 is 1.17 bits per heavy atom. The molecule has 6 heteroatoms. The molecule has 1 atom stereocenters. The van der Waals surface area contributed by atoms with Crippen LogP contribution in [-0.2, 0) is 16.1 Å². The summed E-state index contributed by atoms with van der Waals surface area (Å²) in [5.41, 5.74) is 1.08. The second-order valence-electron chi connectivity index (χ2n) is 6.54. The Bertz CT molecular complexity index is 645. The van der Waals surface area contributed by atoms with E-state index in [0.29, 0.717) is 13.2 Å². The molecule has 2 aliphatic rings. The lowest BCUT2D eigenvalue weighted by molar-refractivity contribution is -0.0204. The summed E-state index contributed by atoms with van der Waals surface area (Å²) in [7, 11) is 0. The van der Waals surface area contributed by atoms with E-state index in [4.69, 9.17) is 9.47 Å². The molecule has 0 radical (unpaired) electrons. The number of aromatic nitrogens is 3. The van der Waals surface area contributed by atoms with E-state index in [1.54, 1.807) is 18.6 Å². The van der Waals surface area contributed by atoms with E-state index >= 15 is 0 Å². The number of anilines is 1. The fourth-order valence-electron chi connectivity index (χ4n) is 3.55. The maximum Gasteiger partial charge on any atom is 0.147 e. The van der Waals surface area contributed by atoms with E-state index in [1.165, 1.54) is 0 Å². The monoisotopic (exact) mass is 326 g/mol. The molecule has 2 saturated heterocycles. The van der Waals surface area contributed by atoms with Crippen LogP contribution in [0.25, 0.3) is 0 Å². The summed E-state index contributed by atoms with van der Waals surface area (Å²) >= 11 is 0. The quantitative estimate of drug-likeness (QED) is 0.858. The normalized spacial score (nSPS) is 22.8. The largest absolute Gasteiger partial charge is 0.372 e. The van der Waals surface area contributed by atoms with Crippen molar-refractivity contribution in [1.29, 1.82) is 0 Å². The molecule has 1 spiro atoms. The third-order valence-corrected chi connectivity index (χ3v) is 4.93. The molecule has 0 aliphatic carbocycles. The van der Waals surface area contributed by atoms with Crippen LogP contribution in [0.2, 0.25) is 0 Å². The van der Waals surface area contributed by atoms with Crippen molar-refractivity contribution < 1.29 is 9.47 Å². The first kappa shape index (κ1) is 15.5. The molecular weight excluding hydrogens is 304 g/mol. The average molecular weight is 326 g/mol. The number of pyridine rings is 1. The molecule has 2 fully saturated rings. The first-order chi connectivity index (χ1) is 11.8. The highest BCUT2D eigenvalue weighted by atomic mass is 16.6. The van der Waals surface area contributed by atoms with E-state index in [0.717, 1.165) is 43.7 Å². The van der Waals surface area contributed by atoms with Crippen molar-refractivity contribution in [3.05, 3.63) is 48.7 Å². The minimum Gasteiger partial charge on any atom is -0.372 e. The van der Waals surface area contributed by atoms with Crippen molar-refractivity contribution in [2.45, 2.75) is 37.6 Å². The van der Waals surface area contributed by atoms with Crippen LogP contribution >= 0.6 is 0 Å². The van der Waals surface area contributed by atoms with E-state index in [9.17, 15) is 0 Å². The smallest absolute Gasteiger partial charge is 0.147 e. The van der Waals surface area contributed by atoms with Gasteiger partial charge in [-0.3, -0.25) is 9.97 Å². The highest BCUT2D eigenvalue weighted by Gasteiger charge is 2.43. The van der Waals surface area contributed by atoms with E-state index < -0.39 is 0 Å². The van der Waals surface area contributed by atoms with Gasteiger partial charge < -0.3 is 14.4 Å². The van der Waals surface area contributed by atoms with Crippen LogP contribution in [0, 0.1) is 0 Å². The lowest BCUT2D eigenvalue weighted by atomic mass is 9.88. The highest BCUT2D eigenvalue weighted by Crippen LogP contribution is 2.37. The van der Waals surface area contributed by atoms with Gasteiger partial charge in [0.15, 0.2) is 0 Å². The van der Waals surface area contributed by atoms with Gasteiger partial charge in [0.25, 0.3) is 0 Å². The summed E-state index contributed by atoms with van der Waals surface area (Å²) in [5, 5.41) is 0. The molecule has 24 heavy (non-hydrogen) atoms. The first-order valence-corrected chi connectivity index (χ1v) is 8.48. The minimum absolute atomic E-state index is 0.0295. The van der Waals surface area contributed by atoms with Crippen LogP contribution in [-0.4, -0.2) is 46.4 Å². The molecule has 0 N–H and O–H groups in total. The third kappa shape index (κ3) is 3.39. The Balaban J connectivity index is 1.29. The van der Waals surface area contributed by atoms with Crippen LogP contribution in [0.15, 0.2) is 43.1 Å². The molecule has 2 aliphatic heterocycles. The zero-order chi connectivity index (χ0) is 16.2. The Morgan fingerprint density at radius 3 is 2.79 bits per heavy atom. The maximum atomic E-state index is 6.16. The first-order valence-electron chi connectivity index (χ1n) is 8.48. The van der Waals surface area contributed by atoms with Crippen molar-refractivity contribution in [2.24, 2.45) is 0 Å². The fourth-order valence-corrected chi connectivity index (χ4v) is 3.55. The van der Waals surface area contributed by atoms with Crippen LogP contribution in [0.4, 0.5) is 5.82 Å². The molecule has 2 aromatic heterocycles. The van der Waals surface area contributed by atoms with Gasteiger partial charge in [-0.1, -0.05) is 6.07 Å². The number of rotatable bonds is 4. The van der Waals surface area contributed by atoms with Gasteiger partial charge in [-0.15, -0.1) is 0 Å². The van der Waals surface area contributed by atoms with Crippen LogP contribution < -0.4 is 4.90 Å². The molecule has 2 aromatic rings. The Labute approximate surface area is 141 Å². The van der Waals surface area contributed by atoms with Gasteiger partial charge in [-0.05, 0) is 24.5 Å². The van der Waals surface area contributed by atoms with Crippen LogP contribution in [0.1, 0.15) is 24.8 Å². The van der Waals surface area contributed by atoms with E-state index in [2.05, 4.69) is 19.9 Å². The van der Waals surface area contributed by atoms with Crippen molar-refractivity contribution in [1.82, 2.24) is 15.0 Å². The molecule has 0 amide bonds. The van der Waals surface area contributed by atoms with Gasteiger partial charge in [-0.25, -0.2) is 4.98 Å². The molecule has 4 heterocycles. The number of piperidine rings is 1. The number of ether oxygens (including phenoxy) is 2. The van der Waals surface area contributed by atoms with Gasteiger partial charge in [-0.2, -0.15) is 0 Å². The Kier molecular flexibility index (Phi) is 4.40. The van der Waals surface area contributed by atoms with Crippen molar-refractivity contribution in [3.8, 4) is 0 Å². The van der Waals surface area contributed by atoms with Gasteiger partial charge in [0.05, 0.1) is 31.1 Å². The standard InChI is InChI=1S/C18H22N4O2/c1-2-15(11-19-5-1)13-23-16-10-18(24-14-16)3-8-22(9-4-18)17-12-20-6-7-21-17/h1-2,5-7,11-12,16H,3-4,8-10,13-14H2. The molecular formula is C18H22N4O2. The lowest BCUT2D eigenvalue weighted by Gasteiger charge is -2.39. The van der Waals surface area contributed by atoms with Crippen molar-refractivity contribution >= 4 is 5.82 Å². The summed E-state index contributed by atoms with van der Waals surface area (Å²) in [6.45, 7) is 3.19. The number of hydrogen-bond donors (Lipinski definition) is 0. The lowest BCUT2D eigenvalue weighted by Crippen LogP contribution is -2.44. The summed E-state index contributed by atoms with van der Waals surface area (Å²) in [6.07, 6.45) is 12.1. The maximum absolute atomic E-state index is 6.16. The van der Waals surface area contributed by atoms with Gasteiger partial charge in [0.1, 0.15) is 5.82 Å². The molecule has 4 rings (SSSR count). The molecule has 0 aromatic carbocycles. The molecule has 1 unspecified atom stereocenters. The van der Waals surface area contributed by atoms with Gasteiger partial charge in [0, 0.05) is 44.3 Å². The van der Waals surface area contributed by atoms with Crippen molar-refractivity contribution in [2.75, 3.05) is 24.6 Å². The number of hydrogen-bond acceptors (Lipinski definition) is 6. The molecule has 126 valence electrons. The second-order valence-corrected chi connectivity index (χ2v) is 6.54. The van der Waals surface area contributed by atoms with Gasteiger partial charge in [0.2, 0.25) is 0 Å².